The summed E-state index contributed by atoms with van der Waals surface area (Å²) in [6.07, 6.45) is 0. The summed E-state index contributed by atoms with van der Waals surface area (Å²) in [5.74, 6) is 1.21. The summed E-state index contributed by atoms with van der Waals surface area (Å²) in [6, 6.07) is 20.4. The number of benzene rings is 3. The van der Waals surface area contributed by atoms with Gasteiger partial charge in [0.05, 0.1) is 12.0 Å². The SMILES string of the molecule is CCOc1ccc(NC(=O)c2ccc3noc(-c4ccc(Br)cc4)c3c2)cc1. The molecule has 0 bridgehead atoms. The van der Waals surface area contributed by atoms with Crippen molar-refractivity contribution in [1.82, 2.24) is 5.16 Å². The van der Waals surface area contributed by atoms with Crippen molar-refractivity contribution in [3.63, 3.8) is 0 Å². The van der Waals surface area contributed by atoms with E-state index in [1.807, 2.05) is 55.5 Å². The van der Waals surface area contributed by atoms with Crippen LogP contribution in [0.1, 0.15) is 17.3 Å². The number of hydrogen-bond donors (Lipinski definition) is 1. The normalized spacial score (nSPS) is 10.8. The van der Waals surface area contributed by atoms with Crippen LogP contribution in [-0.4, -0.2) is 17.7 Å². The third-order valence-corrected chi connectivity index (χ3v) is 4.80. The molecule has 0 unspecified atom stereocenters. The van der Waals surface area contributed by atoms with Crippen LogP contribution in [0.4, 0.5) is 5.69 Å². The molecule has 1 aromatic heterocycles. The molecule has 0 aliphatic heterocycles. The molecule has 0 fully saturated rings. The second-order valence-electron chi connectivity index (χ2n) is 6.16. The van der Waals surface area contributed by atoms with Crippen LogP contribution in [0, 0.1) is 0 Å². The summed E-state index contributed by atoms with van der Waals surface area (Å²) >= 11 is 3.43. The van der Waals surface area contributed by atoms with Crippen LogP contribution in [0.25, 0.3) is 22.2 Å². The fraction of sp³-hybridized carbons (Fsp3) is 0.0909. The number of hydrogen-bond acceptors (Lipinski definition) is 4. The Morgan fingerprint density at radius 2 is 1.82 bits per heavy atom. The van der Waals surface area contributed by atoms with Crippen molar-refractivity contribution >= 4 is 38.4 Å². The second kappa shape index (κ2) is 7.86. The summed E-state index contributed by atoms with van der Waals surface area (Å²) in [7, 11) is 0. The lowest BCUT2D eigenvalue weighted by Crippen LogP contribution is -2.11. The van der Waals surface area contributed by atoms with Gasteiger partial charge in [-0.25, -0.2) is 0 Å². The highest BCUT2D eigenvalue weighted by Crippen LogP contribution is 2.30. The highest BCUT2D eigenvalue weighted by molar-refractivity contribution is 9.10. The zero-order valence-corrected chi connectivity index (χ0v) is 16.7. The molecule has 3 aromatic carbocycles. The number of carbonyl (C=O) groups is 1. The number of nitrogens with zero attached hydrogens (tertiary/aromatic N) is 1. The monoisotopic (exact) mass is 436 g/mol. The van der Waals surface area contributed by atoms with Crippen LogP contribution in [0.15, 0.2) is 75.7 Å². The van der Waals surface area contributed by atoms with Crippen molar-refractivity contribution in [2.75, 3.05) is 11.9 Å². The third-order valence-electron chi connectivity index (χ3n) is 4.27. The number of nitrogens with one attached hydrogen (secondary N) is 1. The minimum Gasteiger partial charge on any atom is -0.494 e. The van der Waals surface area contributed by atoms with Gasteiger partial charge < -0.3 is 14.6 Å². The summed E-state index contributed by atoms with van der Waals surface area (Å²) in [5.41, 5.74) is 2.83. The van der Waals surface area contributed by atoms with E-state index in [-0.39, 0.29) is 5.91 Å². The van der Waals surface area contributed by atoms with E-state index in [0.717, 1.165) is 21.2 Å². The minimum absolute atomic E-state index is 0.200. The molecule has 140 valence electrons. The topological polar surface area (TPSA) is 64.4 Å². The maximum atomic E-state index is 12.7. The largest absolute Gasteiger partial charge is 0.494 e. The van der Waals surface area contributed by atoms with E-state index in [9.17, 15) is 4.79 Å². The van der Waals surface area contributed by atoms with Gasteiger partial charge in [0.25, 0.3) is 5.91 Å². The summed E-state index contributed by atoms with van der Waals surface area (Å²) < 4.78 is 11.9. The molecule has 0 radical (unpaired) electrons. The first kappa shape index (κ1) is 18.3. The van der Waals surface area contributed by atoms with Gasteiger partial charge in [-0.05, 0) is 73.7 Å². The van der Waals surface area contributed by atoms with Gasteiger partial charge in [-0.15, -0.1) is 0 Å². The Hall–Kier alpha value is -3.12. The molecule has 0 saturated carbocycles. The highest BCUT2D eigenvalue weighted by Gasteiger charge is 2.14. The fourth-order valence-corrected chi connectivity index (χ4v) is 3.16. The Morgan fingerprint density at radius 3 is 2.54 bits per heavy atom. The van der Waals surface area contributed by atoms with Gasteiger partial charge in [-0.1, -0.05) is 21.1 Å². The Labute approximate surface area is 170 Å². The van der Waals surface area contributed by atoms with Crippen molar-refractivity contribution in [2.45, 2.75) is 6.92 Å². The third kappa shape index (κ3) is 3.77. The summed E-state index contributed by atoms with van der Waals surface area (Å²) in [5, 5.41) is 7.79. The lowest BCUT2D eigenvalue weighted by atomic mass is 10.1. The average Bonchev–Trinajstić information content (AvgIpc) is 3.13. The standard InChI is InChI=1S/C22H17BrN2O3/c1-2-27-18-10-8-17(9-11-18)24-22(26)15-5-12-20-19(13-15)21(28-25-20)14-3-6-16(23)7-4-14/h3-13H,2H2,1H3,(H,24,26). The molecule has 1 amide bonds. The van der Waals surface area contributed by atoms with Crippen LogP contribution in [0.2, 0.25) is 0 Å². The predicted octanol–water partition coefficient (Wildman–Crippen LogP) is 5.91. The van der Waals surface area contributed by atoms with Crippen LogP contribution < -0.4 is 10.1 Å². The maximum Gasteiger partial charge on any atom is 0.255 e. The Kier molecular flexibility index (Phi) is 5.12. The van der Waals surface area contributed by atoms with Gasteiger partial charge in [0.1, 0.15) is 11.3 Å². The fourth-order valence-electron chi connectivity index (χ4n) is 2.90. The van der Waals surface area contributed by atoms with E-state index >= 15 is 0 Å². The van der Waals surface area contributed by atoms with Gasteiger partial charge in [0.15, 0.2) is 5.76 Å². The summed E-state index contributed by atoms with van der Waals surface area (Å²) in [6.45, 7) is 2.53. The summed E-state index contributed by atoms with van der Waals surface area (Å²) in [4.78, 5) is 12.7. The molecule has 0 spiro atoms. The van der Waals surface area contributed by atoms with Crippen molar-refractivity contribution in [2.24, 2.45) is 0 Å². The first-order valence-corrected chi connectivity index (χ1v) is 9.63. The quantitative estimate of drug-likeness (QED) is 0.422. The van der Waals surface area contributed by atoms with E-state index in [4.69, 9.17) is 9.26 Å². The van der Waals surface area contributed by atoms with Crippen LogP contribution in [-0.2, 0) is 0 Å². The van der Waals surface area contributed by atoms with Crippen LogP contribution in [0.3, 0.4) is 0 Å². The van der Waals surface area contributed by atoms with Gasteiger partial charge in [0, 0.05) is 21.3 Å². The molecule has 1 N–H and O–H groups in total. The van der Waals surface area contributed by atoms with Crippen LogP contribution in [0.5, 0.6) is 5.75 Å². The van der Waals surface area contributed by atoms with Gasteiger partial charge in [-0.3, -0.25) is 4.79 Å². The average molecular weight is 437 g/mol. The van der Waals surface area contributed by atoms with E-state index in [1.54, 1.807) is 18.2 Å². The van der Waals surface area contributed by atoms with E-state index < -0.39 is 0 Å². The van der Waals surface area contributed by atoms with E-state index in [1.165, 1.54) is 0 Å². The Bertz CT molecular complexity index is 1120. The molecule has 4 aromatic rings. The zero-order chi connectivity index (χ0) is 19.5. The molecular formula is C22H17BrN2O3. The molecule has 1 heterocycles. The van der Waals surface area contributed by atoms with E-state index in [2.05, 4.69) is 26.4 Å². The molecule has 0 saturated heterocycles. The van der Waals surface area contributed by atoms with Gasteiger partial charge >= 0.3 is 0 Å². The number of fused-ring (bicyclic) bond motifs is 1. The predicted molar refractivity (Wildman–Crippen MR) is 113 cm³/mol. The number of rotatable bonds is 5. The van der Waals surface area contributed by atoms with Crippen molar-refractivity contribution in [3.8, 4) is 17.1 Å². The number of ether oxygens (including phenoxy) is 1. The number of carbonyl (C=O) groups excluding carboxylic acids is 1. The minimum atomic E-state index is -0.200. The molecule has 6 heteroatoms. The number of amides is 1. The molecule has 0 aliphatic rings. The molecule has 0 atom stereocenters. The van der Waals surface area contributed by atoms with Crippen molar-refractivity contribution in [1.29, 1.82) is 0 Å². The van der Waals surface area contributed by atoms with Crippen LogP contribution >= 0.6 is 15.9 Å². The Morgan fingerprint density at radius 1 is 1.07 bits per heavy atom. The van der Waals surface area contributed by atoms with Crippen molar-refractivity contribution < 1.29 is 14.1 Å². The molecule has 5 nitrogen and oxygen atoms in total. The highest BCUT2D eigenvalue weighted by atomic mass is 79.9. The lowest BCUT2D eigenvalue weighted by Gasteiger charge is -2.07. The van der Waals surface area contributed by atoms with Crippen molar-refractivity contribution in [3.05, 3.63) is 76.8 Å². The molecule has 28 heavy (non-hydrogen) atoms. The smallest absolute Gasteiger partial charge is 0.255 e. The Balaban J connectivity index is 1.60. The first-order chi connectivity index (χ1) is 13.6. The number of halogens is 1. The number of anilines is 1. The number of aromatic nitrogens is 1. The van der Waals surface area contributed by atoms with Gasteiger partial charge in [-0.2, -0.15) is 0 Å². The molecule has 0 aliphatic carbocycles. The first-order valence-electron chi connectivity index (χ1n) is 8.83. The maximum absolute atomic E-state index is 12.7. The molecular weight excluding hydrogens is 420 g/mol. The second-order valence-corrected chi connectivity index (χ2v) is 7.08. The van der Waals surface area contributed by atoms with E-state index in [0.29, 0.717) is 29.1 Å². The zero-order valence-electron chi connectivity index (χ0n) is 15.1. The van der Waals surface area contributed by atoms with Gasteiger partial charge in [0.2, 0.25) is 0 Å². The lowest BCUT2D eigenvalue weighted by molar-refractivity contribution is 0.102. The molecule has 4 rings (SSSR count).